The van der Waals surface area contributed by atoms with Crippen molar-refractivity contribution >= 4 is 6.09 Å². The molecule has 2 atom stereocenters. The van der Waals surface area contributed by atoms with Crippen molar-refractivity contribution in [2.45, 2.75) is 32.2 Å². The van der Waals surface area contributed by atoms with Crippen molar-refractivity contribution in [1.29, 1.82) is 0 Å². The van der Waals surface area contributed by atoms with E-state index in [9.17, 15) is 9.18 Å². The van der Waals surface area contributed by atoms with Crippen molar-refractivity contribution in [2.75, 3.05) is 26.2 Å². The lowest BCUT2D eigenvalue weighted by Gasteiger charge is -2.37. The third-order valence-electron chi connectivity index (χ3n) is 3.91. The molecule has 1 N–H and O–H groups in total. The molecule has 116 valence electrons. The van der Waals surface area contributed by atoms with Gasteiger partial charge in [-0.2, -0.15) is 0 Å². The number of halogens is 1. The van der Waals surface area contributed by atoms with Crippen LogP contribution in [0.5, 0.6) is 0 Å². The normalized spacial score (nSPS) is 22.8. The standard InChI is InChI=1S/C16H23FN2O2/c1-3-19-10-13(12-5-7-14(17)8-6-12)9-15(11-19)18-16(20)21-4-2/h5-8,13,15H,3-4,9-11H2,1-2H3,(H,18,20). The molecule has 1 fully saturated rings. The Kier molecular flexibility index (Phi) is 5.56. The molecule has 1 amide bonds. The van der Waals surface area contributed by atoms with E-state index in [0.717, 1.165) is 31.6 Å². The number of rotatable bonds is 4. The second-order valence-electron chi connectivity index (χ2n) is 5.40. The van der Waals surface area contributed by atoms with Crippen LogP contribution >= 0.6 is 0 Å². The first-order chi connectivity index (χ1) is 10.1. The van der Waals surface area contributed by atoms with Gasteiger partial charge in [0.25, 0.3) is 0 Å². The first-order valence-corrected chi connectivity index (χ1v) is 7.53. The summed E-state index contributed by atoms with van der Waals surface area (Å²) in [6, 6.07) is 6.72. The molecule has 5 heteroatoms. The highest BCUT2D eigenvalue weighted by Gasteiger charge is 2.28. The van der Waals surface area contributed by atoms with Crippen LogP contribution in [0.25, 0.3) is 0 Å². The number of carbonyl (C=O) groups excluding carboxylic acids is 1. The van der Waals surface area contributed by atoms with Crippen molar-refractivity contribution in [1.82, 2.24) is 10.2 Å². The highest BCUT2D eigenvalue weighted by molar-refractivity contribution is 5.67. The topological polar surface area (TPSA) is 41.6 Å². The van der Waals surface area contributed by atoms with Crippen LogP contribution in [0.1, 0.15) is 31.7 Å². The Morgan fingerprint density at radius 2 is 2.05 bits per heavy atom. The predicted octanol–water partition coefficient (Wildman–Crippen LogP) is 2.75. The monoisotopic (exact) mass is 294 g/mol. The molecule has 2 unspecified atom stereocenters. The second-order valence-corrected chi connectivity index (χ2v) is 5.40. The van der Waals surface area contributed by atoms with Gasteiger partial charge < -0.3 is 15.0 Å². The molecular weight excluding hydrogens is 271 g/mol. The van der Waals surface area contributed by atoms with E-state index in [-0.39, 0.29) is 18.0 Å². The van der Waals surface area contributed by atoms with Gasteiger partial charge in [0.1, 0.15) is 5.82 Å². The summed E-state index contributed by atoms with van der Waals surface area (Å²) in [5.74, 6) is 0.0781. The SMILES string of the molecule is CCOC(=O)NC1CC(c2ccc(F)cc2)CN(CC)C1. The first-order valence-electron chi connectivity index (χ1n) is 7.53. The van der Waals surface area contributed by atoms with Gasteiger partial charge in [-0.1, -0.05) is 19.1 Å². The predicted molar refractivity (Wildman–Crippen MR) is 79.8 cm³/mol. The van der Waals surface area contributed by atoms with Gasteiger partial charge in [0.2, 0.25) is 0 Å². The summed E-state index contributed by atoms with van der Waals surface area (Å²) in [4.78, 5) is 13.9. The number of ether oxygens (including phenoxy) is 1. The lowest BCUT2D eigenvalue weighted by atomic mass is 9.88. The van der Waals surface area contributed by atoms with Crippen LogP contribution in [0, 0.1) is 5.82 Å². The fraction of sp³-hybridized carbons (Fsp3) is 0.562. The zero-order valence-electron chi connectivity index (χ0n) is 12.6. The molecular formula is C16H23FN2O2. The van der Waals surface area contributed by atoms with E-state index in [2.05, 4.69) is 17.1 Å². The number of amides is 1. The smallest absolute Gasteiger partial charge is 0.407 e. The van der Waals surface area contributed by atoms with Crippen LogP contribution in [0.3, 0.4) is 0 Å². The Balaban J connectivity index is 2.04. The van der Waals surface area contributed by atoms with E-state index < -0.39 is 0 Å². The molecule has 0 bridgehead atoms. The Morgan fingerprint density at radius 1 is 1.33 bits per heavy atom. The molecule has 0 saturated carbocycles. The van der Waals surface area contributed by atoms with Gasteiger partial charge >= 0.3 is 6.09 Å². The molecule has 1 aromatic rings. The summed E-state index contributed by atoms with van der Waals surface area (Å²) >= 11 is 0. The molecule has 1 heterocycles. The summed E-state index contributed by atoms with van der Waals surface area (Å²) in [6.07, 6.45) is 0.485. The minimum atomic E-state index is -0.363. The minimum Gasteiger partial charge on any atom is -0.450 e. The van der Waals surface area contributed by atoms with Crippen LogP contribution in [0.2, 0.25) is 0 Å². The molecule has 1 aromatic carbocycles. The molecule has 0 spiro atoms. The minimum absolute atomic E-state index is 0.0628. The van der Waals surface area contributed by atoms with Gasteiger partial charge in [0, 0.05) is 19.1 Å². The van der Waals surface area contributed by atoms with Crippen LogP contribution in [0.4, 0.5) is 9.18 Å². The van der Waals surface area contributed by atoms with E-state index in [1.165, 1.54) is 12.1 Å². The Bertz CT molecular complexity index is 464. The molecule has 4 nitrogen and oxygen atoms in total. The highest BCUT2D eigenvalue weighted by atomic mass is 19.1. The zero-order chi connectivity index (χ0) is 15.2. The summed E-state index contributed by atoms with van der Waals surface area (Å²) < 4.78 is 18.0. The number of carbonyl (C=O) groups is 1. The molecule has 0 aromatic heterocycles. The number of likely N-dealkylation sites (tertiary alicyclic amines) is 1. The van der Waals surface area contributed by atoms with Crippen LogP contribution in [-0.4, -0.2) is 43.3 Å². The maximum atomic E-state index is 13.0. The van der Waals surface area contributed by atoms with E-state index >= 15 is 0 Å². The van der Waals surface area contributed by atoms with Gasteiger partial charge in [-0.15, -0.1) is 0 Å². The van der Waals surface area contributed by atoms with Crippen molar-refractivity contribution in [3.8, 4) is 0 Å². The fourth-order valence-electron chi connectivity index (χ4n) is 2.87. The van der Waals surface area contributed by atoms with Crippen molar-refractivity contribution < 1.29 is 13.9 Å². The van der Waals surface area contributed by atoms with Gasteiger partial charge in [-0.25, -0.2) is 9.18 Å². The lowest BCUT2D eigenvalue weighted by molar-refractivity contribution is 0.131. The van der Waals surface area contributed by atoms with Crippen LogP contribution in [0.15, 0.2) is 24.3 Å². The Morgan fingerprint density at radius 3 is 2.67 bits per heavy atom. The number of nitrogens with zero attached hydrogens (tertiary/aromatic N) is 1. The molecule has 2 rings (SSSR count). The number of benzene rings is 1. The van der Waals surface area contributed by atoms with E-state index in [1.54, 1.807) is 6.92 Å². The maximum absolute atomic E-state index is 13.0. The maximum Gasteiger partial charge on any atom is 0.407 e. The molecule has 21 heavy (non-hydrogen) atoms. The lowest BCUT2D eigenvalue weighted by Crippen LogP contribution is -2.50. The van der Waals surface area contributed by atoms with E-state index in [4.69, 9.17) is 4.74 Å². The summed E-state index contributed by atoms with van der Waals surface area (Å²) in [7, 11) is 0. The van der Waals surface area contributed by atoms with Gasteiger partial charge in [-0.05, 0) is 43.5 Å². The third-order valence-corrected chi connectivity index (χ3v) is 3.91. The molecule has 1 aliphatic heterocycles. The zero-order valence-corrected chi connectivity index (χ0v) is 12.6. The fourth-order valence-corrected chi connectivity index (χ4v) is 2.87. The average molecular weight is 294 g/mol. The summed E-state index contributed by atoms with van der Waals surface area (Å²) in [6.45, 7) is 6.96. The van der Waals surface area contributed by atoms with Gasteiger partial charge in [0.15, 0.2) is 0 Å². The number of piperidine rings is 1. The van der Waals surface area contributed by atoms with Gasteiger partial charge in [0.05, 0.1) is 6.61 Å². The Labute approximate surface area is 125 Å². The summed E-state index contributed by atoms with van der Waals surface area (Å²) in [5.41, 5.74) is 1.12. The second kappa shape index (κ2) is 7.41. The van der Waals surface area contributed by atoms with Crippen molar-refractivity contribution in [3.05, 3.63) is 35.6 Å². The largest absolute Gasteiger partial charge is 0.450 e. The van der Waals surface area contributed by atoms with Crippen molar-refractivity contribution in [2.24, 2.45) is 0 Å². The summed E-state index contributed by atoms with van der Waals surface area (Å²) in [5, 5.41) is 2.92. The number of hydrogen-bond acceptors (Lipinski definition) is 3. The average Bonchev–Trinajstić information content (AvgIpc) is 2.47. The molecule has 1 saturated heterocycles. The number of alkyl carbamates (subject to hydrolysis) is 1. The molecule has 1 aliphatic rings. The van der Waals surface area contributed by atoms with Gasteiger partial charge in [-0.3, -0.25) is 0 Å². The number of hydrogen-bond donors (Lipinski definition) is 1. The van der Waals surface area contributed by atoms with Crippen LogP contribution in [-0.2, 0) is 4.74 Å². The quantitative estimate of drug-likeness (QED) is 0.928. The first kappa shape index (κ1) is 15.8. The Hall–Kier alpha value is -1.62. The van der Waals surface area contributed by atoms with Crippen LogP contribution < -0.4 is 5.32 Å². The van der Waals surface area contributed by atoms with E-state index in [0.29, 0.717) is 12.5 Å². The number of likely N-dealkylation sites (N-methyl/N-ethyl adjacent to an activating group) is 1. The van der Waals surface area contributed by atoms with E-state index in [1.807, 2.05) is 12.1 Å². The molecule has 0 radical (unpaired) electrons. The molecule has 0 aliphatic carbocycles. The highest BCUT2D eigenvalue weighted by Crippen LogP contribution is 2.27. The third kappa shape index (κ3) is 4.43. The van der Waals surface area contributed by atoms with Crippen molar-refractivity contribution in [3.63, 3.8) is 0 Å². The number of nitrogens with one attached hydrogen (secondary N) is 1.